The summed E-state index contributed by atoms with van der Waals surface area (Å²) in [6.07, 6.45) is 0.660. The van der Waals surface area contributed by atoms with Crippen molar-refractivity contribution in [2.24, 2.45) is 0 Å². The van der Waals surface area contributed by atoms with Crippen molar-refractivity contribution in [2.45, 2.75) is 20.3 Å². The van der Waals surface area contributed by atoms with Crippen LogP contribution in [0.3, 0.4) is 0 Å². The summed E-state index contributed by atoms with van der Waals surface area (Å²) in [5.74, 6) is 0.502. The molecule has 1 aromatic carbocycles. The monoisotopic (exact) mass is 337 g/mol. The van der Waals surface area contributed by atoms with E-state index >= 15 is 0 Å². The number of methoxy groups -OCH3 is 1. The molecule has 1 aromatic heterocycles. The van der Waals surface area contributed by atoms with Gasteiger partial charge in [0.05, 0.1) is 12.8 Å². The van der Waals surface area contributed by atoms with E-state index < -0.39 is 5.97 Å². The van der Waals surface area contributed by atoms with E-state index in [1.54, 1.807) is 4.57 Å². The summed E-state index contributed by atoms with van der Waals surface area (Å²) in [5, 5.41) is 0. The van der Waals surface area contributed by atoms with Crippen molar-refractivity contribution in [3.05, 3.63) is 39.8 Å². The Labute approximate surface area is 125 Å². The van der Waals surface area contributed by atoms with Crippen LogP contribution in [0.4, 0.5) is 5.82 Å². The molecule has 5 nitrogen and oxygen atoms in total. The zero-order valence-electron chi connectivity index (χ0n) is 11.6. The number of benzene rings is 1. The van der Waals surface area contributed by atoms with Crippen LogP contribution in [0.25, 0.3) is 5.69 Å². The first-order valence-corrected chi connectivity index (χ1v) is 7.00. The maximum absolute atomic E-state index is 11.7. The lowest BCUT2D eigenvalue weighted by molar-refractivity contribution is 0.0596. The Hall–Kier alpha value is -1.82. The van der Waals surface area contributed by atoms with Gasteiger partial charge in [0.2, 0.25) is 0 Å². The molecule has 2 aromatic rings. The average molecular weight is 338 g/mol. The number of aromatic nitrogens is 2. The molecule has 0 atom stereocenters. The smallest absolute Gasteiger partial charge is 0.360 e. The van der Waals surface area contributed by atoms with E-state index in [1.807, 2.05) is 32.0 Å². The Morgan fingerprint density at radius 2 is 2.20 bits per heavy atom. The fraction of sp³-hybridized carbons (Fsp3) is 0.286. The summed E-state index contributed by atoms with van der Waals surface area (Å²) in [4.78, 5) is 16.0. The van der Waals surface area contributed by atoms with Gasteiger partial charge in [0, 0.05) is 10.9 Å². The number of hydrogen-bond donors (Lipinski definition) is 1. The zero-order chi connectivity index (χ0) is 14.9. The van der Waals surface area contributed by atoms with Crippen LogP contribution in [0.5, 0.6) is 0 Å². The molecule has 2 N–H and O–H groups in total. The number of carbonyl (C=O) groups excluding carboxylic acids is 1. The van der Waals surface area contributed by atoms with E-state index in [0.29, 0.717) is 12.2 Å². The molecule has 0 aliphatic heterocycles. The second kappa shape index (κ2) is 5.66. The molecule has 0 aliphatic rings. The van der Waals surface area contributed by atoms with Crippen LogP contribution >= 0.6 is 15.9 Å². The van der Waals surface area contributed by atoms with Gasteiger partial charge >= 0.3 is 5.97 Å². The van der Waals surface area contributed by atoms with Crippen molar-refractivity contribution in [3.63, 3.8) is 0 Å². The number of halogens is 1. The summed E-state index contributed by atoms with van der Waals surface area (Å²) in [6.45, 7) is 3.95. The molecular formula is C14H16BrN3O2. The molecule has 0 saturated heterocycles. The Kier molecular flexibility index (Phi) is 4.13. The minimum Gasteiger partial charge on any atom is -0.464 e. The van der Waals surface area contributed by atoms with Crippen LogP contribution < -0.4 is 5.73 Å². The molecule has 2 rings (SSSR count). The highest BCUT2D eigenvalue weighted by Gasteiger charge is 2.22. The standard InChI is InChI=1S/C14H16BrN3O2/c1-4-11-17-12(14(19)20-3)13(16)18(11)10-7-9(15)6-5-8(10)2/h5-7H,4,16H2,1-3H3. The topological polar surface area (TPSA) is 70.1 Å². The van der Waals surface area contributed by atoms with Crippen LogP contribution in [0.15, 0.2) is 22.7 Å². The Morgan fingerprint density at radius 1 is 1.50 bits per heavy atom. The number of carbonyl (C=O) groups is 1. The average Bonchev–Trinajstić information content (AvgIpc) is 2.77. The maximum Gasteiger partial charge on any atom is 0.360 e. The molecule has 20 heavy (non-hydrogen) atoms. The van der Waals surface area contributed by atoms with Gasteiger partial charge in [0.15, 0.2) is 5.69 Å². The van der Waals surface area contributed by atoms with Crippen LogP contribution in [0.2, 0.25) is 0 Å². The number of esters is 1. The third-order valence-electron chi connectivity index (χ3n) is 3.09. The van der Waals surface area contributed by atoms with E-state index in [1.165, 1.54) is 7.11 Å². The summed E-state index contributed by atoms with van der Waals surface area (Å²) >= 11 is 3.45. The lowest BCUT2D eigenvalue weighted by atomic mass is 10.2. The molecular weight excluding hydrogens is 322 g/mol. The first-order valence-electron chi connectivity index (χ1n) is 6.21. The van der Waals surface area contributed by atoms with Crippen molar-refractivity contribution in [1.82, 2.24) is 9.55 Å². The second-order valence-corrected chi connectivity index (χ2v) is 5.29. The quantitative estimate of drug-likeness (QED) is 0.874. The van der Waals surface area contributed by atoms with Crippen LogP contribution in [0, 0.1) is 6.92 Å². The molecule has 0 fully saturated rings. The number of rotatable bonds is 3. The Morgan fingerprint density at radius 3 is 2.80 bits per heavy atom. The highest BCUT2D eigenvalue weighted by Crippen LogP contribution is 2.26. The molecule has 6 heteroatoms. The predicted octanol–water partition coefficient (Wildman–Crippen LogP) is 2.87. The number of hydrogen-bond acceptors (Lipinski definition) is 4. The fourth-order valence-electron chi connectivity index (χ4n) is 2.06. The molecule has 0 unspecified atom stereocenters. The van der Waals surface area contributed by atoms with Crippen LogP contribution in [-0.4, -0.2) is 22.6 Å². The van der Waals surface area contributed by atoms with E-state index in [4.69, 9.17) is 10.5 Å². The van der Waals surface area contributed by atoms with Crippen LogP contribution in [-0.2, 0) is 11.2 Å². The lowest BCUT2D eigenvalue weighted by Crippen LogP contribution is -2.08. The minimum absolute atomic E-state index is 0.156. The summed E-state index contributed by atoms with van der Waals surface area (Å²) in [5.41, 5.74) is 8.19. The molecule has 0 bridgehead atoms. The lowest BCUT2D eigenvalue weighted by Gasteiger charge is -2.12. The first kappa shape index (κ1) is 14.6. The third-order valence-corrected chi connectivity index (χ3v) is 3.58. The number of nitrogen functional groups attached to an aromatic ring is 1. The predicted molar refractivity (Wildman–Crippen MR) is 81.1 cm³/mol. The van der Waals surface area contributed by atoms with Gasteiger partial charge in [-0.25, -0.2) is 9.78 Å². The van der Waals surface area contributed by atoms with Gasteiger partial charge in [-0.05, 0) is 24.6 Å². The van der Waals surface area contributed by atoms with Crippen molar-refractivity contribution in [1.29, 1.82) is 0 Å². The molecule has 0 spiro atoms. The van der Waals surface area contributed by atoms with Gasteiger partial charge in [-0.2, -0.15) is 0 Å². The summed E-state index contributed by atoms with van der Waals surface area (Å²) in [7, 11) is 1.32. The zero-order valence-corrected chi connectivity index (χ0v) is 13.2. The Balaban J connectivity index is 2.70. The molecule has 0 amide bonds. The number of imidazole rings is 1. The van der Waals surface area contributed by atoms with Gasteiger partial charge in [-0.15, -0.1) is 0 Å². The van der Waals surface area contributed by atoms with Crippen LogP contribution in [0.1, 0.15) is 28.8 Å². The van der Waals surface area contributed by atoms with Crippen molar-refractivity contribution < 1.29 is 9.53 Å². The first-order chi connectivity index (χ1) is 9.49. The molecule has 106 valence electrons. The largest absolute Gasteiger partial charge is 0.464 e. The third kappa shape index (κ3) is 2.43. The van der Waals surface area contributed by atoms with E-state index in [9.17, 15) is 4.79 Å². The van der Waals surface area contributed by atoms with Crippen molar-refractivity contribution in [2.75, 3.05) is 12.8 Å². The molecule has 0 saturated carbocycles. The van der Waals surface area contributed by atoms with Crippen molar-refractivity contribution in [3.8, 4) is 5.69 Å². The van der Waals surface area contributed by atoms with E-state index in [2.05, 4.69) is 20.9 Å². The highest BCUT2D eigenvalue weighted by molar-refractivity contribution is 9.10. The van der Waals surface area contributed by atoms with E-state index in [-0.39, 0.29) is 5.69 Å². The molecule has 1 heterocycles. The summed E-state index contributed by atoms with van der Waals surface area (Å²) in [6, 6.07) is 5.89. The van der Waals surface area contributed by atoms with Gasteiger partial charge in [-0.1, -0.05) is 28.9 Å². The summed E-state index contributed by atoms with van der Waals surface area (Å²) < 4.78 is 7.45. The number of ether oxygens (including phenoxy) is 1. The fourth-order valence-corrected chi connectivity index (χ4v) is 2.41. The minimum atomic E-state index is -0.524. The Bertz CT molecular complexity index is 665. The van der Waals surface area contributed by atoms with Gasteiger partial charge in [-0.3, -0.25) is 4.57 Å². The van der Waals surface area contributed by atoms with Gasteiger partial charge in [0.1, 0.15) is 11.6 Å². The van der Waals surface area contributed by atoms with Crippen molar-refractivity contribution >= 4 is 27.7 Å². The number of aryl methyl sites for hydroxylation is 2. The molecule has 0 aliphatic carbocycles. The number of nitrogens with two attached hydrogens (primary N) is 1. The normalized spacial score (nSPS) is 10.6. The number of anilines is 1. The highest BCUT2D eigenvalue weighted by atomic mass is 79.9. The second-order valence-electron chi connectivity index (χ2n) is 4.37. The molecule has 0 radical (unpaired) electrons. The van der Waals surface area contributed by atoms with Gasteiger partial charge in [0.25, 0.3) is 0 Å². The van der Waals surface area contributed by atoms with E-state index in [0.717, 1.165) is 21.5 Å². The number of nitrogens with zero attached hydrogens (tertiary/aromatic N) is 2. The van der Waals surface area contributed by atoms with Gasteiger partial charge < -0.3 is 10.5 Å². The SMILES string of the molecule is CCc1nc(C(=O)OC)c(N)n1-c1cc(Br)ccc1C. The maximum atomic E-state index is 11.7.